The maximum atomic E-state index is 13.8. The molecule has 2 atom stereocenters. The van der Waals surface area contributed by atoms with E-state index in [1.807, 2.05) is 20.8 Å². The molecule has 2 unspecified atom stereocenters. The van der Waals surface area contributed by atoms with Crippen molar-refractivity contribution in [3.63, 3.8) is 0 Å². The number of thiol groups is 1. The second kappa shape index (κ2) is 12.9. The van der Waals surface area contributed by atoms with Crippen LogP contribution in [0.15, 0.2) is 24.3 Å². The van der Waals surface area contributed by atoms with Gasteiger partial charge in [-0.3, -0.25) is 9.59 Å². The average molecular weight is 496 g/mol. The summed E-state index contributed by atoms with van der Waals surface area (Å²) in [6, 6.07) is 4.21. The van der Waals surface area contributed by atoms with E-state index >= 15 is 0 Å². The third-order valence-corrected chi connectivity index (χ3v) is 5.29. The van der Waals surface area contributed by atoms with Gasteiger partial charge in [-0.1, -0.05) is 31.9 Å². The lowest BCUT2D eigenvalue weighted by Gasteiger charge is -2.43. The number of nitrogens with one attached hydrogen (secondary N) is 2. The van der Waals surface area contributed by atoms with Crippen LogP contribution in [0.25, 0.3) is 0 Å². The van der Waals surface area contributed by atoms with Crippen molar-refractivity contribution in [1.82, 2.24) is 15.5 Å². The number of phenolic OH excluding ortho intramolecular Hbond substituents is 1. The van der Waals surface area contributed by atoms with Crippen LogP contribution in [-0.4, -0.2) is 57.4 Å². The van der Waals surface area contributed by atoms with E-state index < -0.39 is 35.2 Å². The highest BCUT2D eigenvalue weighted by molar-refractivity contribution is 7.80. The molecule has 0 saturated heterocycles. The molecule has 0 fully saturated rings. The van der Waals surface area contributed by atoms with Crippen LogP contribution < -0.4 is 10.6 Å². The number of nitrogens with zero attached hydrogens (tertiary/aromatic N) is 1. The predicted molar refractivity (Wildman–Crippen MR) is 137 cm³/mol. The first-order valence-corrected chi connectivity index (χ1v) is 12.3. The van der Waals surface area contributed by atoms with Crippen molar-refractivity contribution in [2.75, 3.05) is 12.3 Å². The average Bonchev–Trinajstić information content (AvgIpc) is 2.71. The van der Waals surface area contributed by atoms with Crippen LogP contribution >= 0.6 is 12.6 Å². The number of rotatable bonds is 10. The Balaban J connectivity index is 3.36. The smallest absolute Gasteiger partial charge is 0.408 e. The number of alkyl carbamates (subject to hydrolysis) is 1. The van der Waals surface area contributed by atoms with Crippen LogP contribution in [0.5, 0.6) is 5.75 Å². The molecule has 0 aromatic heterocycles. The van der Waals surface area contributed by atoms with Gasteiger partial charge in [0.1, 0.15) is 23.4 Å². The molecule has 0 spiro atoms. The van der Waals surface area contributed by atoms with Crippen molar-refractivity contribution in [2.24, 2.45) is 0 Å². The predicted octanol–water partition coefficient (Wildman–Crippen LogP) is 4.19. The number of carbonyl (C=O) groups excluding carboxylic acids is 3. The monoisotopic (exact) mass is 495 g/mol. The van der Waals surface area contributed by atoms with Crippen LogP contribution in [-0.2, 0) is 14.3 Å². The Hall–Kier alpha value is -2.42. The third kappa shape index (κ3) is 9.44. The molecular formula is C25H41N3O5S. The van der Waals surface area contributed by atoms with E-state index in [0.29, 0.717) is 12.1 Å². The Morgan fingerprint density at radius 1 is 1.06 bits per heavy atom. The maximum Gasteiger partial charge on any atom is 0.408 e. The third-order valence-electron chi connectivity index (χ3n) is 4.93. The van der Waals surface area contributed by atoms with Gasteiger partial charge in [-0.15, -0.1) is 0 Å². The van der Waals surface area contributed by atoms with Crippen LogP contribution in [0, 0.1) is 0 Å². The first-order valence-electron chi connectivity index (χ1n) is 11.7. The molecule has 0 aliphatic carbocycles. The summed E-state index contributed by atoms with van der Waals surface area (Å²) >= 11 is 4.28. The number of hydrogen-bond acceptors (Lipinski definition) is 6. The Morgan fingerprint density at radius 2 is 1.65 bits per heavy atom. The first kappa shape index (κ1) is 29.6. The molecule has 1 rings (SSSR count). The Kier molecular flexibility index (Phi) is 11.2. The topological polar surface area (TPSA) is 108 Å². The zero-order valence-corrected chi connectivity index (χ0v) is 22.4. The normalized spacial score (nSPS) is 13.5. The summed E-state index contributed by atoms with van der Waals surface area (Å²) < 4.78 is 5.31. The number of amides is 3. The Labute approximate surface area is 209 Å². The fourth-order valence-electron chi connectivity index (χ4n) is 3.41. The minimum absolute atomic E-state index is 0.0189. The van der Waals surface area contributed by atoms with Crippen molar-refractivity contribution < 1.29 is 24.2 Å². The molecule has 3 N–H and O–H groups in total. The Bertz CT molecular complexity index is 815. The maximum absolute atomic E-state index is 13.8. The number of benzene rings is 1. The van der Waals surface area contributed by atoms with Gasteiger partial charge in [0, 0.05) is 17.8 Å². The molecular weight excluding hydrogens is 454 g/mol. The molecule has 0 saturated carbocycles. The number of carbonyl (C=O) groups is 3. The molecule has 0 bridgehead atoms. The standard InChI is InChI=1S/C25H41N3O5S/c1-8-9-10-15-26-21(30)20(17-11-13-18(29)14-12-17)28(24(2,3)4)22(31)19(16-34)27-23(32)33-25(5,6)7/h11-14,19-20,29,34H,8-10,15-16H2,1-7H3,(H,26,30)(H,27,32). The number of phenols is 1. The van der Waals surface area contributed by atoms with Crippen LogP contribution in [0.4, 0.5) is 4.79 Å². The molecule has 1 aromatic carbocycles. The van der Waals surface area contributed by atoms with E-state index in [4.69, 9.17) is 4.74 Å². The molecule has 34 heavy (non-hydrogen) atoms. The zero-order chi connectivity index (χ0) is 26.1. The summed E-state index contributed by atoms with van der Waals surface area (Å²) in [5.74, 6) is -0.722. The van der Waals surface area contributed by atoms with Gasteiger partial charge >= 0.3 is 6.09 Å². The van der Waals surface area contributed by atoms with Crippen molar-refractivity contribution in [1.29, 1.82) is 0 Å². The lowest BCUT2D eigenvalue weighted by atomic mass is 9.95. The van der Waals surface area contributed by atoms with Crippen molar-refractivity contribution in [3.8, 4) is 5.75 Å². The van der Waals surface area contributed by atoms with E-state index in [0.717, 1.165) is 19.3 Å². The van der Waals surface area contributed by atoms with Gasteiger partial charge in [0.05, 0.1) is 0 Å². The lowest BCUT2D eigenvalue weighted by Crippen LogP contribution is -2.59. The largest absolute Gasteiger partial charge is 0.508 e. The fraction of sp³-hybridized carbons (Fsp3) is 0.640. The molecule has 3 amide bonds. The molecule has 1 aromatic rings. The van der Waals surface area contributed by atoms with Gasteiger partial charge in [-0.25, -0.2) is 4.79 Å². The quantitative estimate of drug-likeness (QED) is 0.288. The minimum Gasteiger partial charge on any atom is -0.508 e. The number of unbranched alkanes of at least 4 members (excludes halogenated alkanes) is 2. The lowest BCUT2D eigenvalue weighted by molar-refractivity contribution is -0.148. The Morgan fingerprint density at radius 3 is 2.12 bits per heavy atom. The SMILES string of the molecule is CCCCCNC(=O)C(c1ccc(O)cc1)N(C(=O)C(CS)NC(=O)OC(C)(C)C)C(C)(C)C. The van der Waals surface area contributed by atoms with Crippen molar-refractivity contribution >= 4 is 30.5 Å². The summed E-state index contributed by atoms with van der Waals surface area (Å²) in [5.41, 5.74) is -0.966. The van der Waals surface area contributed by atoms with E-state index in [1.54, 1.807) is 32.9 Å². The second-order valence-corrected chi connectivity index (χ2v) is 10.6. The van der Waals surface area contributed by atoms with E-state index in [1.165, 1.54) is 17.0 Å². The van der Waals surface area contributed by atoms with Crippen LogP contribution in [0.2, 0.25) is 0 Å². The first-order chi connectivity index (χ1) is 15.7. The number of hydrogen-bond donors (Lipinski definition) is 4. The van der Waals surface area contributed by atoms with Gasteiger partial charge in [-0.2, -0.15) is 12.6 Å². The van der Waals surface area contributed by atoms with E-state index in [9.17, 15) is 19.5 Å². The van der Waals surface area contributed by atoms with Crippen LogP contribution in [0.3, 0.4) is 0 Å². The zero-order valence-electron chi connectivity index (χ0n) is 21.5. The van der Waals surface area contributed by atoms with Gasteiger partial charge in [0.15, 0.2) is 0 Å². The van der Waals surface area contributed by atoms with E-state index in [-0.39, 0.29) is 17.4 Å². The summed E-state index contributed by atoms with van der Waals surface area (Å²) in [4.78, 5) is 41.0. The molecule has 8 nitrogen and oxygen atoms in total. The number of ether oxygens (including phenoxy) is 1. The summed E-state index contributed by atoms with van der Waals surface area (Å²) in [6.07, 6.45) is 2.09. The highest BCUT2D eigenvalue weighted by Crippen LogP contribution is 2.31. The highest BCUT2D eigenvalue weighted by Gasteiger charge is 2.41. The number of aromatic hydroxyl groups is 1. The fourth-order valence-corrected chi connectivity index (χ4v) is 3.65. The molecule has 0 aliphatic heterocycles. The molecule has 0 heterocycles. The minimum atomic E-state index is -1.01. The molecule has 192 valence electrons. The van der Waals surface area contributed by atoms with Gasteiger partial charge in [-0.05, 0) is 65.7 Å². The highest BCUT2D eigenvalue weighted by atomic mass is 32.1. The molecule has 0 aliphatic rings. The summed E-state index contributed by atoms with van der Waals surface area (Å²) in [7, 11) is 0. The molecule has 0 radical (unpaired) electrons. The van der Waals surface area contributed by atoms with Gasteiger partial charge in [0.2, 0.25) is 11.8 Å². The van der Waals surface area contributed by atoms with Crippen molar-refractivity contribution in [3.05, 3.63) is 29.8 Å². The summed E-state index contributed by atoms with van der Waals surface area (Å²) in [6.45, 7) is 13.2. The second-order valence-electron chi connectivity index (χ2n) is 10.3. The van der Waals surface area contributed by atoms with Crippen LogP contribution in [0.1, 0.15) is 79.3 Å². The van der Waals surface area contributed by atoms with Crippen molar-refractivity contribution in [2.45, 2.75) is 91.0 Å². The van der Waals surface area contributed by atoms with E-state index in [2.05, 4.69) is 30.2 Å². The molecule has 9 heteroatoms. The van der Waals surface area contributed by atoms with Gasteiger partial charge < -0.3 is 25.4 Å². The summed E-state index contributed by atoms with van der Waals surface area (Å²) in [5, 5.41) is 15.3. The van der Waals surface area contributed by atoms with Gasteiger partial charge in [0.25, 0.3) is 0 Å².